The fourth-order valence-electron chi connectivity index (χ4n) is 1.65. The first-order valence-corrected chi connectivity index (χ1v) is 5.11. The Bertz CT molecular complexity index is 445. The first-order chi connectivity index (χ1) is 7.22. The Morgan fingerprint density at radius 2 is 2.40 bits per heavy atom. The summed E-state index contributed by atoms with van der Waals surface area (Å²) in [6.07, 6.45) is 0. The average Bonchev–Trinajstić information content (AvgIpc) is 2.17. The summed E-state index contributed by atoms with van der Waals surface area (Å²) >= 11 is 3.20. The quantitative estimate of drug-likeness (QED) is 0.438. The molecular weight excluding hydrogens is 265 g/mol. The summed E-state index contributed by atoms with van der Waals surface area (Å²) in [5.74, 6) is -0.361. The Morgan fingerprint density at radius 1 is 1.60 bits per heavy atom. The minimum atomic E-state index is -0.563. The number of nitrogens with zero attached hydrogens (tertiary/aromatic N) is 3. The van der Waals surface area contributed by atoms with E-state index < -0.39 is 6.04 Å². The van der Waals surface area contributed by atoms with Gasteiger partial charge < -0.3 is 4.74 Å². The molecule has 0 aromatic heterocycles. The van der Waals surface area contributed by atoms with E-state index >= 15 is 0 Å². The van der Waals surface area contributed by atoms with Crippen LogP contribution in [0.25, 0.3) is 10.4 Å². The molecule has 2 rings (SSSR count). The van der Waals surface area contributed by atoms with Crippen molar-refractivity contribution in [3.05, 3.63) is 44.0 Å². The molecule has 1 aromatic rings. The standard InChI is InChI=1S/C9H7BrFN3O/c10-6-1-5-3-15-4-8(13-14-12)9(5)7(11)2-6/h1-2,8H,3-4H2/t8-/m1/s1. The van der Waals surface area contributed by atoms with Crippen molar-refractivity contribution in [3.8, 4) is 0 Å². The van der Waals surface area contributed by atoms with Gasteiger partial charge in [-0.05, 0) is 23.2 Å². The number of hydrogen-bond donors (Lipinski definition) is 0. The Morgan fingerprint density at radius 3 is 3.13 bits per heavy atom. The van der Waals surface area contributed by atoms with Gasteiger partial charge in [0.2, 0.25) is 0 Å². The normalized spacial score (nSPS) is 19.2. The van der Waals surface area contributed by atoms with Gasteiger partial charge >= 0.3 is 0 Å². The fourth-order valence-corrected chi connectivity index (χ4v) is 2.13. The van der Waals surface area contributed by atoms with Gasteiger partial charge in [0.15, 0.2) is 0 Å². The molecule has 0 spiro atoms. The van der Waals surface area contributed by atoms with E-state index in [-0.39, 0.29) is 12.4 Å². The van der Waals surface area contributed by atoms with E-state index in [0.29, 0.717) is 16.6 Å². The van der Waals surface area contributed by atoms with Gasteiger partial charge in [0.1, 0.15) is 5.82 Å². The number of fused-ring (bicyclic) bond motifs is 1. The zero-order valence-electron chi connectivity index (χ0n) is 7.65. The molecular formula is C9H7BrFN3O. The monoisotopic (exact) mass is 271 g/mol. The second kappa shape index (κ2) is 4.18. The third-order valence-electron chi connectivity index (χ3n) is 2.24. The Balaban J connectivity index is 2.55. The molecule has 0 aliphatic carbocycles. The SMILES string of the molecule is [N-]=[N+]=N[C@@H]1COCc2cc(Br)cc(F)c21. The second-order valence-electron chi connectivity index (χ2n) is 3.20. The fraction of sp³-hybridized carbons (Fsp3) is 0.333. The molecule has 1 heterocycles. The highest BCUT2D eigenvalue weighted by Crippen LogP contribution is 2.32. The Kier molecular flexibility index (Phi) is 2.90. The van der Waals surface area contributed by atoms with Gasteiger partial charge in [0, 0.05) is 14.9 Å². The minimum absolute atomic E-state index is 0.232. The van der Waals surface area contributed by atoms with Gasteiger partial charge in [-0.15, -0.1) is 0 Å². The highest BCUT2D eigenvalue weighted by atomic mass is 79.9. The summed E-state index contributed by atoms with van der Waals surface area (Å²) < 4.78 is 19.5. The lowest BCUT2D eigenvalue weighted by molar-refractivity contribution is 0.0907. The van der Waals surface area contributed by atoms with Gasteiger partial charge in [-0.2, -0.15) is 0 Å². The topological polar surface area (TPSA) is 58.0 Å². The summed E-state index contributed by atoms with van der Waals surface area (Å²) in [6, 6.07) is 2.58. The molecule has 4 nitrogen and oxygen atoms in total. The molecule has 0 bridgehead atoms. The van der Waals surface area contributed by atoms with Crippen molar-refractivity contribution in [1.82, 2.24) is 0 Å². The third kappa shape index (κ3) is 1.97. The third-order valence-corrected chi connectivity index (χ3v) is 2.70. The molecule has 6 heteroatoms. The van der Waals surface area contributed by atoms with Crippen LogP contribution in [-0.2, 0) is 11.3 Å². The molecule has 1 aliphatic rings. The number of benzene rings is 1. The van der Waals surface area contributed by atoms with Gasteiger partial charge in [0.05, 0.1) is 19.3 Å². The van der Waals surface area contributed by atoms with E-state index in [0.717, 1.165) is 5.56 Å². The largest absolute Gasteiger partial charge is 0.376 e. The lowest BCUT2D eigenvalue weighted by atomic mass is 9.99. The van der Waals surface area contributed by atoms with Crippen molar-refractivity contribution in [2.75, 3.05) is 6.61 Å². The van der Waals surface area contributed by atoms with Crippen molar-refractivity contribution in [3.63, 3.8) is 0 Å². The molecule has 0 radical (unpaired) electrons. The van der Waals surface area contributed by atoms with Crippen molar-refractivity contribution < 1.29 is 9.13 Å². The van der Waals surface area contributed by atoms with E-state index in [1.54, 1.807) is 6.07 Å². The highest BCUT2D eigenvalue weighted by molar-refractivity contribution is 9.10. The zero-order valence-corrected chi connectivity index (χ0v) is 9.24. The van der Waals surface area contributed by atoms with Crippen LogP contribution in [-0.4, -0.2) is 6.61 Å². The summed E-state index contributed by atoms with van der Waals surface area (Å²) in [5, 5.41) is 3.52. The molecule has 0 fully saturated rings. The van der Waals surface area contributed by atoms with Crippen molar-refractivity contribution in [1.29, 1.82) is 0 Å². The van der Waals surface area contributed by atoms with Gasteiger partial charge in [-0.1, -0.05) is 21.0 Å². The van der Waals surface area contributed by atoms with Gasteiger partial charge in [-0.25, -0.2) is 4.39 Å². The second-order valence-corrected chi connectivity index (χ2v) is 4.11. The highest BCUT2D eigenvalue weighted by Gasteiger charge is 2.23. The van der Waals surface area contributed by atoms with Crippen LogP contribution in [0.4, 0.5) is 4.39 Å². The number of rotatable bonds is 1. The van der Waals surface area contributed by atoms with Crippen LogP contribution < -0.4 is 0 Å². The predicted octanol–water partition coefficient (Wildman–Crippen LogP) is 3.47. The van der Waals surface area contributed by atoms with Crippen LogP contribution in [0.15, 0.2) is 21.7 Å². The number of azide groups is 1. The molecule has 1 atom stereocenters. The predicted molar refractivity (Wildman–Crippen MR) is 55.6 cm³/mol. The zero-order chi connectivity index (χ0) is 10.8. The summed E-state index contributed by atoms with van der Waals surface area (Å²) in [7, 11) is 0. The first-order valence-electron chi connectivity index (χ1n) is 4.32. The first kappa shape index (κ1) is 10.4. The van der Waals surface area contributed by atoms with Crippen LogP contribution in [0.1, 0.15) is 17.2 Å². The van der Waals surface area contributed by atoms with Crippen molar-refractivity contribution in [2.24, 2.45) is 5.11 Å². The molecule has 0 saturated carbocycles. The molecule has 0 saturated heterocycles. The maximum Gasteiger partial charge on any atom is 0.128 e. The van der Waals surface area contributed by atoms with E-state index in [1.165, 1.54) is 6.07 Å². The Hall–Kier alpha value is -1.10. The van der Waals surface area contributed by atoms with E-state index in [2.05, 4.69) is 26.0 Å². The smallest absolute Gasteiger partial charge is 0.128 e. The van der Waals surface area contributed by atoms with Crippen LogP contribution in [0.3, 0.4) is 0 Å². The molecule has 0 N–H and O–H groups in total. The summed E-state index contributed by atoms with van der Waals surface area (Å²) in [6.45, 7) is 0.582. The molecule has 1 aliphatic heterocycles. The average molecular weight is 272 g/mol. The van der Waals surface area contributed by atoms with Crippen molar-refractivity contribution in [2.45, 2.75) is 12.6 Å². The summed E-state index contributed by atoms with van der Waals surface area (Å²) in [4.78, 5) is 2.69. The molecule has 1 aromatic carbocycles. The molecule has 0 unspecified atom stereocenters. The van der Waals surface area contributed by atoms with Crippen LogP contribution >= 0.6 is 15.9 Å². The van der Waals surface area contributed by atoms with Crippen LogP contribution in [0, 0.1) is 5.82 Å². The van der Waals surface area contributed by atoms with E-state index in [1.807, 2.05) is 0 Å². The molecule has 0 amide bonds. The van der Waals surface area contributed by atoms with E-state index in [9.17, 15) is 4.39 Å². The Labute approximate surface area is 93.8 Å². The maximum atomic E-state index is 13.6. The van der Waals surface area contributed by atoms with Gasteiger partial charge in [0.25, 0.3) is 0 Å². The molecule has 15 heavy (non-hydrogen) atoms. The van der Waals surface area contributed by atoms with Gasteiger partial charge in [-0.3, -0.25) is 0 Å². The van der Waals surface area contributed by atoms with E-state index in [4.69, 9.17) is 10.3 Å². The lowest BCUT2D eigenvalue weighted by Crippen LogP contribution is -2.16. The van der Waals surface area contributed by atoms with Crippen molar-refractivity contribution >= 4 is 15.9 Å². The number of halogens is 2. The number of ether oxygens (including phenoxy) is 1. The molecule has 78 valence electrons. The minimum Gasteiger partial charge on any atom is -0.376 e. The lowest BCUT2D eigenvalue weighted by Gasteiger charge is -2.22. The van der Waals surface area contributed by atoms with Crippen LogP contribution in [0.5, 0.6) is 0 Å². The van der Waals surface area contributed by atoms with Crippen LogP contribution in [0.2, 0.25) is 0 Å². The number of hydrogen-bond acceptors (Lipinski definition) is 2. The maximum absolute atomic E-state index is 13.6. The summed E-state index contributed by atoms with van der Waals surface area (Å²) in [5.41, 5.74) is 9.53.